The first-order valence-electron chi connectivity index (χ1n) is 7.89. The number of carbonyl (C=O) groups is 3. The van der Waals surface area contributed by atoms with E-state index in [1.165, 1.54) is 0 Å². The van der Waals surface area contributed by atoms with Crippen molar-refractivity contribution in [3.8, 4) is 0 Å². The smallest absolute Gasteiger partial charge is 0.345 e. The molecule has 0 heterocycles. The first-order valence-corrected chi connectivity index (χ1v) is 7.89. The number of carbonyl (C=O) groups excluding carboxylic acids is 3. The molecule has 6 nitrogen and oxygen atoms in total. The molecule has 25 heavy (non-hydrogen) atoms. The minimum absolute atomic E-state index is 0.277. The standard InChI is InChI=1S/C19H20N2O4/c1-20-16(12-14-8-4-2-5-9-14)18(23)21-13-17(22)25-19(24)15-10-6-3-7-11-15/h2-11,16,20H,12-13H2,1H3,(H,21,23)/t16-/m0/s1. The molecule has 2 aromatic carbocycles. The highest BCUT2D eigenvalue weighted by atomic mass is 16.6. The van der Waals surface area contributed by atoms with Crippen LogP contribution in [0.1, 0.15) is 15.9 Å². The van der Waals surface area contributed by atoms with Crippen LogP contribution in [0.25, 0.3) is 0 Å². The molecule has 0 spiro atoms. The van der Waals surface area contributed by atoms with Gasteiger partial charge in [0.2, 0.25) is 5.91 Å². The van der Waals surface area contributed by atoms with Gasteiger partial charge in [0, 0.05) is 0 Å². The number of benzene rings is 2. The summed E-state index contributed by atoms with van der Waals surface area (Å²) in [7, 11) is 1.67. The number of amides is 1. The van der Waals surface area contributed by atoms with Gasteiger partial charge >= 0.3 is 11.9 Å². The molecule has 1 atom stereocenters. The van der Waals surface area contributed by atoms with Crippen molar-refractivity contribution in [3.05, 3.63) is 71.8 Å². The van der Waals surface area contributed by atoms with E-state index in [1.807, 2.05) is 30.3 Å². The lowest BCUT2D eigenvalue weighted by atomic mass is 10.1. The lowest BCUT2D eigenvalue weighted by molar-refractivity contribution is -0.139. The second-order valence-corrected chi connectivity index (χ2v) is 5.38. The van der Waals surface area contributed by atoms with Crippen molar-refractivity contribution in [3.63, 3.8) is 0 Å². The second kappa shape index (κ2) is 9.34. The van der Waals surface area contributed by atoms with Crippen LogP contribution in [0.4, 0.5) is 0 Å². The van der Waals surface area contributed by atoms with Gasteiger partial charge in [0.05, 0.1) is 11.6 Å². The SMILES string of the molecule is CN[C@@H](Cc1ccccc1)C(=O)NCC(=O)OC(=O)c1ccccc1. The molecular formula is C19H20N2O4. The lowest BCUT2D eigenvalue weighted by Gasteiger charge is -2.15. The number of rotatable bonds is 7. The minimum atomic E-state index is -0.809. The van der Waals surface area contributed by atoms with E-state index < -0.39 is 18.0 Å². The van der Waals surface area contributed by atoms with E-state index in [-0.39, 0.29) is 18.0 Å². The Balaban J connectivity index is 1.81. The second-order valence-electron chi connectivity index (χ2n) is 5.38. The first-order chi connectivity index (χ1) is 12.1. The zero-order valence-electron chi connectivity index (χ0n) is 13.9. The number of esters is 2. The normalized spacial score (nSPS) is 11.4. The van der Waals surface area contributed by atoms with Gasteiger partial charge in [-0.1, -0.05) is 48.5 Å². The Morgan fingerprint density at radius 2 is 1.56 bits per heavy atom. The van der Waals surface area contributed by atoms with Crippen LogP contribution in [-0.2, 0) is 20.7 Å². The molecule has 0 aliphatic rings. The summed E-state index contributed by atoms with van der Waals surface area (Å²) < 4.78 is 4.71. The first kappa shape index (κ1) is 18.4. The molecule has 0 saturated carbocycles. The van der Waals surface area contributed by atoms with E-state index in [9.17, 15) is 14.4 Å². The van der Waals surface area contributed by atoms with Gasteiger partial charge in [-0.2, -0.15) is 0 Å². The molecule has 130 valence electrons. The van der Waals surface area contributed by atoms with Crippen LogP contribution in [-0.4, -0.2) is 37.5 Å². The minimum Gasteiger partial charge on any atom is -0.388 e. The zero-order valence-corrected chi connectivity index (χ0v) is 13.9. The topological polar surface area (TPSA) is 84.5 Å². The predicted octanol–water partition coefficient (Wildman–Crippen LogP) is 1.32. The molecule has 2 N–H and O–H groups in total. The van der Waals surface area contributed by atoms with Crippen molar-refractivity contribution in [2.45, 2.75) is 12.5 Å². The third-order valence-electron chi connectivity index (χ3n) is 3.57. The molecule has 0 bridgehead atoms. The third-order valence-corrected chi connectivity index (χ3v) is 3.57. The lowest BCUT2D eigenvalue weighted by Crippen LogP contribution is -2.45. The molecular weight excluding hydrogens is 320 g/mol. The number of ether oxygens (including phenoxy) is 1. The summed E-state index contributed by atoms with van der Waals surface area (Å²) in [4.78, 5) is 35.7. The van der Waals surface area contributed by atoms with E-state index in [2.05, 4.69) is 10.6 Å². The Labute approximate surface area is 146 Å². The Kier molecular flexibility index (Phi) is 6.86. The van der Waals surface area contributed by atoms with Gasteiger partial charge < -0.3 is 15.4 Å². The average molecular weight is 340 g/mol. The quantitative estimate of drug-likeness (QED) is 0.586. The largest absolute Gasteiger partial charge is 0.388 e. The third kappa shape index (κ3) is 5.86. The number of likely N-dealkylation sites (N-methyl/N-ethyl adjacent to an activating group) is 1. The molecule has 2 rings (SSSR count). The summed E-state index contributed by atoms with van der Waals surface area (Å²) in [6.07, 6.45) is 0.487. The van der Waals surface area contributed by atoms with Crippen molar-refractivity contribution in [1.82, 2.24) is 10.6 Å². The van der Waals surface area contributed by atoms with Gasteiger partial charge in [-0.3, -0.25) is 4.79 Å². The van der Waals surface area contributed by atoms with Crippen LogP contribution in [0, 0.1) is 0 Å². The Hall–Kier alpha value is -2.99. The molecule has 0 aliphatic carbocycles. The van der Waals surface area contributed by atoms with E-state index in [4.69, 9.17) is 4.74 Å². The van der Waals surface area contributed by atoms with Crippen LogP contribution >= 0.6 is 0 Å². The highest BCUT2D eigenvalue weighted by Gasteiger charge is 2.19. The van der Waals surface area contributed by atoms with E-state index >= 15 is 0 Å². The van der Waals surface area contributed by atoms with Gasteiger partial charge in [-0.05, 0) is 31.2 Å². The molecule has 0 fully saturated rings. The Morgan fingerprint density at radius 3 is 2.16 bits per heavy atom. The highest BCUT2D eigenvalue weighted by Crippen LogP contribution is 2.03. The van der Waals surface area contributed by atoms with Crippen molar-refractivity contribution in [1.29, 1.82) is 0 Å². The summed E-state index contributed by atoms with van der Waals surface area (Å²) >= 11 is 0. The molecule has 0 aromatic heterocycles. The molecule has 0 aliphatic heterocycles. The van der Waals surface area contributed by atoms with Gasteiger partial charge in [-0.15, -0.1) is 0 Å². The van der Waals surface area contributed by atoms with Gasteiger partial charge in [0.1, 0.15) is 6.54 Å². The Bertz CT molecular complexity index is 717. The molecule has 0 radical (unpaired) electrons. The maximum absolute atomic E-state index is 12.2. The molecule has 1 amide bonds. The van der Waals surface area contributed by atoms with E-state index in [0.717, 1.165) is 5.56 Å². The van der Waals surface area contributed by atoms with E-state index in [1.54, 1.807) is 37.4 Å². The van der Waals surface area contributed by atoms with Gasteiger partial charge in [-0.25, -0.2) is 9.59 Å². The zero-order chi connectivity index (χ0) is 18.1. The van der Waals surface area contributed by atoms with Crippen molar-refractivity contribution < 1.29 is 19.1 Å². The molecule has 0 unspecified atom stereocenters. The van der Waals surface area contributed by atoms with Crippen molar-refractivity contribution >= 4 is 17.8 Å². The van der Waals surface area contributed by atoms with Crippen LogP contribution in [0.2, 0.25) is 0 Å². The number of nitrogens with one attached hydrogen (secondary N) is 2. The molecule has 0 saturated heterocycles. The highest BCUT2D eigenvalue weighted by molar-refractivity contribution is 5.98. The fraction of sp³-hybridized carbons (Fsp3) is 0.211. The summed E-state index contributed by atoms with van der Waals surface area (Å²) in [6, 6.07) is 17.2. The van der Waals surface area contributed by atoms with Gasteiger partial charge in [0.25, 0.3) is 0 Å². The van der Waals surface area contributed by atoms with Crippen molar-refractivity contribution in [2.24, 2.45) is 0 Å². The maximum Gasteiger partial charge on any atom is 0.345 e. The fourth-order valence-electron chi connectivity index (χ4n) is 2.23. The summed E-state index contributed by atoms with van der Waals surface area (Å²) in [5.41, 5.74) is 1.28. The maximum atomic E-state index is 12.2. The van der Waals surface area contributed by atoms with E-state index in [0.29, 0.717) is 6.42 Å². The van der Waals surface area contributed by atoms with Crippen LogP contribution < -0.4 is 10.6 Å². The van der Waals surface area contributed by atoms with Crippen molar-refractivity contribution in [2.75, 3.05) is 13.6 Å². The number of hydrogen-bond acceptors (Lipinski definition) is 5. The summed E-state index contributed by atoms with van der Waals surface area (Å²) in [6.45, 7) is -0.371. The van der Waals surface area contributed by atoms with Gasteiger partial charge in [0.15, 0.2) is 0 Å². The molecule has 2 aromatic rings. The number of hydrogen-bond donors (Lipinski definition) is 2. The Morgan fingerprint density at radius 1 is 0.960 bits per heavy atom. The van der Waals surface area contributed by atoms with Crippen LogP contribution in [0.3, 0.4) is 0 Å². The van der Waals surface area contributed by atoms with Crippen LogP contribution in [0.15, 0.2) is 60.7 Å². The average Bonchev–Trinajstić information content (AvgIpc) is 2.65. The summed E-state index contributed by atoms with van der Waals surface area (Å²) in [5, 5.41) is 5.39. The monoisotopic (exact) mass is 340 g/mol. The summed E-state index contributed by atoms with van der Waals surface area (Å²) in [5.74, 6) is -1.89. The molecule has 6 heteroatoms. The fourth-order valence-corrected chi connectivity index (χ4v) is 2.23. The predicted molar refractivity (Wildman–Crippen MR) is 92.9 cm³/mol. The van der Waals surface area contributed by atoms with Crippen LogP contribution in [0.5, 0.6) is 0 Å².